The van der Waals surface area contributed by atoms with E-state index in [1.54, 1.807) is 25.1 Å². The Balaban J connectivity index is 2.70. The van der Waals surface area contributed by atoms with Crippen LogP contribution in [0, 0.1) is 0 Å². The molecule has 3 N–H and O–H groups in total. The number of amides is 1. The minimum absolute atomic E-state index is 0.114. The lowest BCUT2D eigenvalue weighted by atomic mass is 10.1. The molecule has 0 radical (unpaired) electrons. The van der Waals surface area contributed by atoms with E-state index in [1.807, 2.05) is 13.8 Å². The van der Waals surface area contributed by atoms with Crippen molar-refractivity contribution in [2.45, 2.75) is 52.3 Å². The van der Waals surface area contributed by atoms with E-state index in [-0.39, 0.29) is 11.9 Å². The molecular weight excluding hydrogens is 276 g/mol. The number of hydrogen-bond acceptors (Lipinski definition) is 3. The summed E-state index contributed by atoms with van der Waals surface area (Å²) in [5, 5.41) is 3.57. The van der Waals surface area contributed by atoms with Crippen molar-refractivity contribution in [3.8, 4) is 5.75 Å². The van der Waals surface area contributed by atoms with Crippen LogP contribution >= 0.6 is 11.6 Å². The lowest BCUT2D eigenvalue weighted by molar-refractivity contribution is -0.128. The molecule has 0 bridgehead atoms. The summed E-state index contributed by atoms with van der Waals surface area (Å²) < 4.78 is 5.69. The van der Waals surface area contributed by atoms with Crippen molar-refractivity contribution in [2.75, 3.05) is 0 Å². The zero-order valence-electron chi connectivity index (χ0n) is 12.3. The third kappa shape index (κ3) is 4.69. The highest BCUT2D eigenvalue weighted by Crippen LogP contribution is 2.23. The van der Waals surface area contributed by atoms with Crippen LogP contribution in [0.4, 0.5) is 0 Å². The van der Waals surface area contributed by atoms with Gasteiger partial charge in [-0.15, -0.1) is 0 Å². The molecule has 5 heteroatoms. The second-order valence-electron chi connectivity index (χ2n) is 4.74. The van der Waals surface area contributed by atoms with Gasteiger partial charge < -0.3 is 15.8 Å². The van der Waals surface area contributed by atoms with Gasteiger partial charge in [-0.1, -0.05) is 25.4 Å². The maximum atomic E-state index is 12.0. The number of halogens is 1. The number of carbonyl (C=O) groups is 1. The smallest absolute Gasteiger partial charge is 0.260 e. The number of nitrogens with two attached hydrogens (primary N) is 1. The first kappa shape index (κ1) is 16.8. The zero-order valence-corrected chi connectivity index (χ0v) is 13.0. The Kier molecular flexibility index (Phi) is 6.82. The van der Waals surface area contributed by atoms with Crippen molar-refractivity contribution in [1.29, 1.82) is 0 Å². The van der Waals surface area contributed by atoms with Crippen molar-refractivity contribution in [3.05, 3.63) is 28.8 Å². The number of carbonyl (C=O) groups excluding carboxylic acids is 1. The molecule has 0 fully saturated rings. The summed E-state index contributed by atoms with van der Waals surface area (Å²) in [5.41, 5.74) is 6.45. The summed E-state index contributed by atoms with van der Waals surface area (Å²) >= 11 is 5.91. The Bertz CT molecular complexity index is 447. The van der Waals surface area contributed by atoms with Gasteiger partial charge in [-0.05, 0) is 38.0 Å². The molecule has 0 saturated heterocycles. The molecule has 1 unspecified atom stereocenters. The van der Waals surface area contributed by atoms with Gasteiger partial charge in [0, 0.05) is 23.2 Å². The van der Waals surface area contributed by atoms with E-state index < -0.39 is 6.10 Å². The van der Waals surface area contributed by atoms with Crippen LogP contribution in [-0.4, -0.2) is 18.1 Å². The van der Waals surface area contributed by atoms with Crippen LogP contribution in [0.3, 0.4) is 0 Å². The van der Waals surface area contributed by atoms with Gasteiger partial charge in [0.1, 0.15) is 5.75 Å². The summed E-state index contributed by atoms with van der Waals surface area (Å²) in [4.78, 5) is 12.0. The first-order valence-corrected chi connectivity index (χ1v) is 7.35. The molecule has 0 aliphatic carbocycles. The maximum absolute atomic E-state index is 12.0. The Morgan fingerprint density at radius 3 is 2.60 bits per heavy atom. The number of hydrogen-bond donors (Lipinski definition) is 2. The molecule has 1 atom stereocenters. The third-order valence-electron chi connectivity index (χ3n) is 3.25. The lowest BCUT2D eigenvalue weighted by Gasteiger charge is -2.20. The van der Waals surface area contributed by atoms with Crippen LogP contribution in [0.25, 0.3) is 0 Å². The third-order valence-corrected chi connectivity index (χ3v) is 3.48. The fraction of sp³-hybridized carbons (Fsp3) is 0.533. The van der Waals surface area contributed by atoms with Crippen LogP contribution in [0.5, 0.6) is 5.75 Å². The summed E-state index contributed by atoms with van der Waals surface area (Å²) in [7, 11) is 0. The van der Waals surface area contributed by atoms with Crippen molar-refractivity contribution in [1.82, 2.24) is 5.32 Å². The van der Waals surface area contributed by atoms with Crippen molar-refractivity contribution >= 4 is 17.5 Å². The van der Waals surface area contributed by atoms with Gasteiger partial charge in [-0.3, -0.25) is 4.79 Å². The van der Waals surface area contributed by atoms with Gasteiger partial charge in [0.2, 0.25) is 0 Å². The zero-order chi connectivity index (χ0) is 15.1. The van der Waals surface area contributed by atoms with E-state index in [1.165, 1.54) is 0 Å². The van der Waals surface area contributed by atoms with Crippen LogP contribution in [0.2, 0.25) is 5.02 Å². The molecule has 112 valence electrons. The molecule has 0 aromatic heterocycles. The second-order valence-corrected chi connectivity index (χ2v) is 5.17. The van der Waals surface area contributed by atoms with Gasteiger partial charge >= 0.3 is 0 Å². The van der Waals surface area contributed by atoms with Gasteiger partial charge in [0.25, 0.3) is 5.91 Å². The van der Waals surface area contributed by atoms with E-state index >= 15 is 0 Å². The van der Waals surface area contributed by atoms with E-state index in [9.17, 15) is 4.79 Å². The van der Waals surface area contributed by atoms with Crippen LogP contribution in [0.1, 0.15) is 39.2 Å². The highest BCUT2D eigenvalue weighted by molar-refractivity contribution is 6.30. The van der Waals surface area contributed by atoms with E-state index in [4.69, 9.17) is 22.1 Å². The summed E-state index contributed by atoms with van der Waals surface area (Å²) in [6.45, 7) is 6.14. The molecule has 1 aromatic rings. The predicted molar refractivity (Wildman–Crippen MR) is 81.9 cm³/mol. The normalized spacial score (nSPS) is 12.3. The molecule has 0 heterocycles. The molecule has 1 rings (SSSR count). The van der Waals surface area contributed by atoms with Crippen LogP contribution in [0.15, 0.2) is 18.2 Å². The Labute approximate surface area is 125 Å². The van der Waals surface area contributed by atoms with E-state index in [0.717, 1.165) is 18.4 Å². The predicted octanol–water partition coefficient (Wildman–Crippen LogP) is 2.87. The SMILES string of the molecule is CCC(CC)NC(=O)C(C)Oc1ccc(Cl)cc1CN. The van der Waals surface area contributed by atoms with Gasteiger partial charge in [0.05, 0.1) is 0 Å². The number of benzene rings is 1. The quantitative estimate of drug-likeness (QED) is 0.813. The summed E-state index contributed by atoms with van der Waals surface area (Å²) in [6, 6.07) is 5.41. The lowest BCUT2D eigenvalue weighted by Crippen LogP contribution is -2.42. The first-order valence-electron chi connectivity index (χ1n) is 6.97. The minimum atomic E-state index is -0.568. The first-order chi connectivity index (χ1) is 9.51. The average Bonchev–Trinajstić information content (AvgIpc) is 2.45. The van der Waals surface area contributed by atoms with E-state index in [0.29, 0.717) is 17.3 Å². The molecule has 20 heavy (non-hydrogen) atoms. The highest BCUT2D eigenvalue weighted by Gasteiger charge is 2.18. The van der Waals surface area contributed by atoms with Gasteiger partial charge in [-0.2, -0.15) is 0 Å². The van der Waals surface area contributed by atoms with Crippen molar-refractivity contribution < 1.29 is 9.53 Å². The topological polar surface area (TPSA) is 64.3 Å². The molecule has 0 aliphatic heterocycles. The molecule has 1 amide bonds. The Morgan fingerprint density at radius 2 is 2.05 bits per heavy atom. The standard InChI is InChI=1S/C15H23ClN2O2/c1-4-13(5-2)18-15(19)10(3)20-14-7-6-12(16)8-11(14)9-17/h6-8,10,13H,4-5,9,17H2,1-3H3,(H,18,19). The molecule has 0 saturated carbocycles. The fourth-order valence-corrected chi connectivity index (χ4v) is 2.07. The Hall–Kier alpha value is -1.26. The van der Waals surface area contributed by atoms with E-state index in [2.05, 4.69) is 5.32 Å². The summed E-state index contributed by atoms with van der Waals surface area (Å²) in [6.07, 6.45) is 1.25. The Morgan fingerprint density at radius 1 is 1.40 bits per heavy atom. The number of ether oxygens (including phenoxy) is 1. The minimum Gasteiger partial charge on any atom is -0.481 e. The molecule has 1 aromatic carbocycles. The number of rotatable bonds is 7. The molecule has 0 aliphatic rings. The maximum Gasteiger partial charge on any atom is 0.260 e. The van der Waals surface area contributed by atoms with Gasteiger partial charge in [-0.25, -0.2) is 0 Å². The molecule has 0 spiro atoms. The van der Waals surface area contributed by atoms with Crippen LogP contribution < -0.4 is 15.8 Å². The largest absolute Gasteiger partial charge is 0.481 e. The highest BCUT2D eigenvalue weighted by atomic mass is 35.5. The van der Waals surface area contributed by atoms with Crippen molar-refractivity contribution in [3.63, 3.8) is 0 Å². The fourth-order valence-electron chi connectivity index (χ4n) is 1.88. The number of nitrogens with one attached hydrogen (secondary N) is 1. The summed E-state index contributed by atoms with van der Waals surface area (Å²) in [5.74, 6) is 0.487. The second kappa shape index (κ2) is 8.12. The molecular formula is C15H23ClN2O2. The van der Waals surface area contributed by atoms with Crippen molar-refractivity contribution in [2.24, 2.45) is 5.73 Å². The monoisotopic (exact) mass is 298 g/mol. The van der Waals surface area contributed by atoms with Gasteiger partial charge in [0.15, 0.2) is 6.10 Å². The average molecular weight is 299 g/mol. The molecule has 4 nitrogen and oxygen atoms in total. The van der Waals surface area contributed by atoms with Crippen LogP contribution in [-0.2, 0) is 11.3 Å².